The van der Waals surface area contributed by atoms with Crippen LogP contribution in [0.1, 0.15) is 51.1 Å². The zero-order valence-electron chi connectivity index (χ0n) is 14.3. The number of nitrogens with zero attached hydrogens (tertiary/aromatic N) is 1. The molecule has 4 heteroatoms. The zero-order chi connectivity index (χ0) is 16.7. The van der Waals surface area contributed by atoms with Gasteiger partial charge < -0.3 is 9.88 Å². The Morgan fingerprint density at radius 3 is 2.71 bits per heavy atom. The highest BCUT2D eigenvalue weighted by molar-refractivity contribution is 5.83. The van der Waals surface area contributed by atoms with Crippen molar-refractivity contribution < 1.29 is 4.39 Å². The summed E-state index contributed by atoms with van der Waals surface area (Å²) in [5.41, 5.74) is 2.45. The summed E-state index contributed by atoms with van der Waals surface area (Å²) in [5, 5.41) is 3.89. The lowest BCUT2D eigenvalue weighted by Gasteiger charge is -2.27. The molecule has 128 valence electrons. The van der Waals surface area contributed by atoms with Crippen molar-refractivity contribution in [1.82, 2.24) is 4.57 Å². The number of rotatable bonds is 2. The molecule has 3 nitrogen and oxygen atoms in total. The topological polar surface area (TPSA) is 34.0 Å². The van der Waals surface area contributed by atoms with E-state index in [1.807, 2.05) is 6.07 Å². The van der Waals surface area contributed by atoms with Crippen molar-refractivity contribution in [3.8, 4) is 0 Å². The molecule has 0 amide bonds. The van der Waals surface area contributed by atoms with Crippen molar-refractivity contribution >= 4 is 16.6 Å². The first-order valence-corrected chi connectivity index (χ1v) is 9.24. The maximum absolute atomic E-state index is 14.6. The second-order valence-corrected chi connectivity index (χ2v) is 7.58. The minimum absolute atomic E-state index is 0.0612. The molecule has 1 aromatic carbocycles. The van der Waals surface area contributed by atoms with E-state index in [0.717, 1.165) is 43.4 Å². The Morgan fingerprint density at radius 2 is 1.92 bits per heavy atom. The summed E-state index contributed by atoms with van der Waals surface area (Å²) in [6.45, 7) is 3.14. The van der Waals surface area contributed by atoms with Gasteiger partial charge in [0.25, 0.3) is 0 Å². The quantitative estimate of drug-likeness (QED) is 0.882. The number of halogens is 1. The van der Waals surface area contributed by atoms with Gasteiger partial charge in [0.15, 0.2) is 5.43 Å². The van der Waals surface area contributed by atoms with Gasteiger partial charge in [0.05, 0.1) is 11.2 Å². The van der Waals surface area contributed by atoms with E-state index < -0.39 is 0 Å². The fourth-order valence-electron chi connectivity index (χ4n) is 4.24. The first-order valence-electron chi connectivity index (χ1n) is 9.24. The highest BCUT2D eigenvalue weighted by Gasteiger charge is 2.20. The van der Waals surface area contributed by atoms with Crippen molar-refractivity contribution in [2.75, 3.05) is 5.32 Å². The second-order valence-electron chi connectivity index (χ2n) is 7.58. The zero-order valence-corrected chi connectivity index (χ0v) is 14.3. The van der Waals surface area contributed by atoms with Crippen LogP contribution in [0.15, 0.2) is 23.0 Å². The van der Waals surface area contributed by atoms with Gasteiger partial charge in [0.2, 0.25) is 0 Å². The van der Waals surface area contributed by atoms with E-state index in [1.54, 1.807) is 6.07 Å². The van der Waals surface area contributed by atoms with Crippen molar-refractivity contribution in [1.29, 1.82) is 0 Å². The Labute approximate surface area is 141 Å². The smallest absolute Gasteiger partial charge is 0.189 e. The van der Waals surface area contributed by atoms with E-state index in [1.165, 1.54) is 25.3 Å². The highest BCUT2D eigenvalue weighted by atomic mass is 19.1. The number of pyridine rings is 1. The molecule has 0 saturated heterocycles. The predicted octanol–water partition coefficient (Wildman–Crippen LogP) is 4.47. The normalized spacial score (nSPS) is 21.7. The molecule has 1 N–H and O–H groups in total. The SMILES string of the molecule is CC1CCc2cc(=O)c3cc(F)c(NC4CCCCC4)cc3n2C1. The molecule has 2 aliphatic rings. The lowest BCUT2D eigenvalue weighted by molar-refractivity contribution is 0.404. The molecule has 0 spiro atoms. The van der Waals surface area contributed by atoms with Crippen LogP contribution in [0.5, 0.6) is 0 Å². The van der Waals surface area contributed by atoms with Crippen LogP contribution in [0.3, 0.4) is 0 Å². The van der Waals surface area contributed by atoms with Crippen molar-refractivity contribution in [2.24, 2.45) is 5.92 Å². The minimum atomic E-state index is -0.311. The van der Waals surface area contributed by atoms with E-state index in [9.17, 15) is 9.18 Å². The Balaban J connectivity index is 1.80. The van der Waals surface area contributed by atoms with Crippen molar-refractivity contribution in [3.05, 3.63) is 39.9 Å². The van der Waals surface area contributed by atoms with Crippen LogP contribution in [0.4, 0.5) is 10.1 Å². The van der Waals surface area contributed by atoms with E-state index >= 15 is 0 Å². The third-order valence-electron chi connectivity index (χ3n) is 5.64. The van der Waals surface area contributed by atoms with Gasteiger partial charge in [-0.2, -0.15) is 0 Å². The first kappa shape index (κ1) is 15.7. The summed E-state index contributed by atoms with van der Waals surface area (Å²) >= 11 is 0. The Morgan fingerprint density at radius 1 is 1.12 bits per heavy atom. The fraction of sp³-hybridized carbons (Fsp3) is 0.550. The maximum Gasteiger partial charge on any atom is 0.189 e. The summed E-state index contributed by atoms with van der Waals surface area (Å²) in [6, 6.07) is 5.33. The number of fused-ring (bicyclic) bond motifs is 3. The molecule has 1 atom stereocenters. The molecule has 1 aliphatic heterocycles. The van der Waals surface area contributed by atoms with E-state index in [4.69, 9.17) is 0 Å². The summed E-state index contributed by atoms with van der Waals surface area (Å²) < 4.78 is 16.8. The third-order valence-corrected chi connectivity index (χ3v) is 5.64. The number of aryl methyl sites for hydroxylation is 1. The summed E-state index contributed by atoms with van der Waals surface area (Å²) in [7, 11) is 0. The van der Waals surface area contributed by atoms with E-state index in [0.29, 0.717) is 23.0 Å². The van der Waals surface area contributed by atoms with Gasteiger partial charge in [-0.05, 0) is 43.7 Å². The molecule has 24 heavy (non-hydrogen) atoms. The number of nitrogens with one attached hydrogen (secondary N) is 1. The number of aromatic nitrogens is 1. The van der Waals surface area contributed by atoms with Gasteiger partial charge in [0, 0.05) is 29.7 Å². The monoisotopic (exact) mass is 328 g/mol. The molecule has 2 heterocycles. The largest absolute Gasteiger partial charge is 0.380 e. The van der Waals surface area contributed by atoms with Crippen LogP contribution < -0.4 is 10.7 Å². The molecule has 0 radical (unpaired) electrons. The van der Waals surface area contributed by atoms with Crippen molar-refractivity contribution in [2.45, 2.75) is 64.5 Å². The summed E-state index contributed by atoms with van der Waals surface area (Å²) in [6.07, 6.45) is 7.93. The van der Waals surface area contributed by atoms with Gasteiger partial charge >= 0.3 is 0 Å². The highest BCUT2D eigenvalue weighted by Crippen LogP contribution is 2.29. The predicted molar refractivity (Wildman–Crippen MR) is 96.1 cm³/mol. The van der Waals surface area contributed by atoms with Gasteiger partial charge in [-0.3, -0.25) is 4.79 Å². The van der Waals surface area contributed by atoms with Crippen LogP contribution in [0.25, 0.3) is 10.9 Å². The van der Waals surface area contributed by atoms with Crippen LogP contribution in [0.2, 0.25) is 0 Å². The molecule has 1 saturated carbocycles. The molecule has 1 unspecified atom stereocenters. The standard InChI is InChI=1S/C20H25FN2O/c1-13-7-8-15-9-20(24)16-10-17(21)18(11-19(16)23(15)12-13)22-14-5-3-2-4-6-14/h9-11,13-14,22H,2-8,12H2,1H3. The summed E-state index contributed by atoms with van der Waals surface area (Å²) in [5.74, 6) is 0.276. The van der Waals surface area contributed by atoms with E-state index in [-0.39, 0.29) is 11.2 Å². The minimum Gasteiger partial charge on any atom is -0.380 e. The average molecular weight is 328 g/mol. The Kier molecular flexibility index (Phi) is 4.07. The molecule has 1 aromatic heterocycles. The molecule has 0 bridgehead atoms. The van der Waals surface area contributed by atoms with Gasteiger partial charge in [-0.15, -0.1) is 0 Å². The van der Waals surface area contributed by atoms with Crippen LogP contribution in [-0.2, 0) is 13.0 Å². The van der Waals surface area contributed by atoms with Gasteiger partial charge in [0.1, 0.15) is 5.82 Å². The molecule has 1 aliphatic carbocycles. The Hall–Kier alpha value is -1.84. The second kappa shape index (κ2) is 6.23. The molecule has 2 aromatic rings. The van der Waals surface area contributed by atoms with Crippen LogP contribution in [0, 0.1) is 11.7 Å². The molecular formula is C20H25FN2O. The van der Waals surface area contributed by atoms with Crippen LogP contribution >= 0.6 is 0 Å². The van der Waals surface area contributed by atoms with Crippen LogP contribution in [-0.4, -0.2) is 10.6 Å². The lowest BCUT2D eigenvalue weighted by Crippen LogP contribution is -2.25. The number of hydrogen-bond donors (Lipinski definition) is 1. The molecular weight excluding hydrogens is 303 g/mol. The van der Waals surface area contributed by atoms with Crippen molar-refractivity contribution in [3.63, 3.8) is 0 Å². The molecule has 1 fully saturated rings. The number of anilines is 1. The average Bonchev–Trinajstić information content (AvgIpc) is 2.58. The lowest BCUT2D eigenvalue weighted by atomic mass is 9.95. The maximum atomic E-state index is 14.6. The number of benzene rings is 1. The third kappa shape index (κ3) is 2.83. The first-order chi connectivity index (χ1) is 11.6. The van der Waals surface area contributed by atoms with Gasteiger partial charge in [-0.1, -0.05) is 26.2 Å². The van der Waals surface area contributed by atoms with Gasteiger partial charge in [-0.25, -0.2) is 4.39 Å². The number of hydrogen-bond acceptors (Lipinski definition) is 2. The fourth-order valence-corrected chi connectivity index (χ4v) is 4.24. The summed E-state index contributed by atoms with van der Waals surface area (Å²) in [4.78, 5) is 12.4. The van der Waals surface area contributed by atoms with E-state index in [2.05, 4.69) is 16.8 Å². The molecule has 4 rings (SSSR count). The Bertz CT molecular complexity index is 820.